The summed E-state index contributed by atoms with van der Waals surface area (Å²) in [7, 11) is 0. The Balaban J connectivity index is 1.22. The Labute approximate surface area is 187 Å². The van der Waals surface area contributed by atoms with Gasteiger partial charge in [-0.15, -0.1) is 0 Å². The first-order valence-corrected chi connectivity index (χ1v) is 12.4. The van der Waals surface area contributed by atoms with Crippen LogP contribution in [0.2, 0.25) is 0 Å². The highest BCUT2D eigenvalue weighted by molar-refractivity contribution is 5.94. The maximum atomic E-state index is 12.8. The lowest BCUT2D eigenvalue weighted by molar-refractivity contribution is 0.0620. The van der Waals surface area contributed by atoms with Gasteiger partial charge in [-0.25, -0.2) is 0 Å². The third-order valence-electron chi connectivity index (χ3n) is 7.30. The van der Waals surface area contributed by atoms with E-state index in [1.54, 1.807) is 5.57 Å². The van der Waals surface area contributed by atoms with Gasteiger partial charge < -0.3 is 20.2 Å². The van der Waals surface area contributed by atoms with Crippen molar-refractivity contribution < 1.29 is 9.90 Å². The molecule has 2 heterocycles. The molecule has 0 aromatic heterocycles. The first kappa shape index (κ1) is 22.3. The van der Waals surface area contributed by atoms with Crippen LogP contribution < -0.4 is 10.2 Å². The first-order valence-electron chi connectivity index (χ1n) is 12.4. The van der Waals surface area contributed by atoms with Crippen molar-refractivity contribution in [2.24, 2.45) is 5.92 Å². The number of amides is 1. The first-order chi connectivity index (χ1) is 15.2. The maximum absolute atomic E-state index is 12.8. The zero-order valence-electron chi connectivity index (χ0n) is 18.9. The molecule has 1 atom stereocenters. The number of aliphatic hydroxyl groups is 1. The van der Waals surface area contributed by atoms with Gasteiger partial charge in [0.05, 0.1) is 0 Å². The Morgan fingerprint density at radius 3 is 2.55 bits per heavy atom. The summed E-state index contributed by atoms with van der Waals surface area (Å²) in [6, 6.07) is 8.78. The number of carbonyl (C=O) groups excluding carboxylic acids is 1. The van der Waals surface area contributed by atoms with E-state index in [2.05, 4.69) is 28.4 Å². The second-order valence-electron chi connectivity index (χ2n) is 9.56. The number of hydrogen-bond donors (Lipinski definition) is 2. The van der Waals surface area contributed by atoms with Gasteiger partial charge in [0.2, 0.25) is 0 Å². The molecule has 1 amide bonds. The van der Waals surface area contributed by atoms with Crippen LogP contribution in [0.3, 0.4) is 0 Å². The number of aliphatic hydroxyl groups excluding tert-OH is 1. The predicted molar refractivity (Wildman–Crippen MR) is 127 cm³/mol. The standard InChI is InChI=1S/C26H39N3O2/c30-20-22-7-4-16-29(19-22)26(31)23-8-10-25(11-9-23)28-17-13-24(14-18-28)27-15-12-21-5-2-1-3-6-21/h5,8-11,22,24,27,30H,1-4,6-7,12-20H2/t22-/m0/s1. The molecule has 5 heteroatoms. The van der Waals surface area contributed by atoms with Gasteiger partial charge in [0.15, 0.2) is 0 Å². The van der Waals surface area contributed by atoms with E-state index >= 15 is 0 Å². The highest BCUT2D eigenvalue weighted by Crippen LogP contribution is 2.23. The van der Waals surface area contributed by atoms with E-state index in [0.717, 1.165) is 44.6 Å². The molecule has 0 bridgehead atoms. The molecule has 2 aliphatic heterocycles. The van der Waals surface area contributed by atoms with Crippen LogP contribution in [0.4, 0.5) is 5.69 Å². The van der Waals surface area contributed by atoms with Gasteiger partial charge in [-0.2, -0.15) is 0 Å². The van der Waals surface area contributed by atoms with E-state index in [1.165, 1.54) is 50.6 Å². The summed E-state index contributed by atoms with van der Waals surface area (Å²) in [6.07, 6.45) is 13.3. The number of piperidine rings is 2. The Morgan fingerprint density at radius 1 is 1.03 bits per heavy atom. The quantitative estimate of drug-likeness (QED) is 0.649. The number of benzene rings is 1. The fraction of sp³-hybridized carbons (Fsp3) is 0.654. The highest BCUT2D eigenvalue weighted by Gasteiger charge is 2.24. The average Bonchev–Trinajstić information content (AvgIpc) is 2.85. The molecule has 0 spiro atoms. The van der Waals surface area contributed by atoms with Crippen molar-refractivity contribution in [3.63, 3.8) is 0 Å². The number of anilines is 1. The number of nitrogens with one attached hydrogen (secondary N) is 1. The molecule has 5 nitrogen and oxygen atoms in total. The van der Waals surface area contributed by atoms with Gasteiger partial charge in [0.1, 0.15) is 0 Å². The van der Waals surface area contributed by atoms with Gasteiger partial charge in [-0.05, 0) is 94.5 Å². The van der Waals surface area contributed by atoms with Crippen LogP contribution in [0, 0.1) is 5.92 Å². The van der Waals surface area contributed by atoms with Crippen molar-refractivity contribution in [3.8, 4) is 0 Å². The summed E-state index contributed by atoms with van der Waals surface area (Å²) in [5.74, 6) is 0.326. The predicted octanol–water partition coefficient (Wildman–Crippen LogP) is 3.98. The molecule has 2 fully saturated rings. The van der Waals surface area contributed by atoms with Crippen molar-refractivity contribution >= 4 is 11.6 Å². The van der Waals surface area contributed by atoms with Crippen LogP contribution in [-0.4, -0.2) is 61.3 Å². The zero-order valence-corrected chi connectivity index (χ0v) is 18.9. The lowest BCUT2D eigenvalue weighted by atomic mass is 9.97. The van der Waals surface area contributed by atoms with Gasteiger partial charge in [-0.1, -0.05) is 11.6 Å². The van der Waals surface area contributed by atoms with Gasteiger partial charge in [-0.3, -0.25) is 4.79 Å². The van der Waals surface area contributed by atoms with Crippen LogP contribution >= 0.6 is 0 Å². The number of rotatable bonds is 7. The van der Waals surface area contributed by atoms with E-state index in [0.29, 0.717) is 12.6 Å². The van der Waals surface area contributed by atoms with E-state index in [-0.39, 0.29) is 18.4 Å². The molecule has 2 saturated heterocycles. The summed E-state index contributed by atoms with van der Waals surface area (Å²) >= 11 is 0. The molecular formula is C26H39N3O2. The largest absolute Gasteiger partial charge is 0.396 e. The molecule has 0 unspecified atom stereocenters. The summed E-state index contributed by atoms with van der Waals surface area (Å²) in [6.45, 7) is 4.89. The van der Waals surface area contributed by atoms with E-state index in [9.17, 15) is 9.90 Å². The second-order valence-corrected chi connectivity index (χ2v) is 9.56. The normalized spacial score (nSPS) is 23.0. The number of allylic oxidation sites excluding steroid dienone is 1. The van der Waals surface area contributed by atoms with Crippen molar-refractivity contribution in [3.05, 3.63) is 41.5 Å². The molecule has 4 rings (SSSR count). The molecule has 170 valence electrons. The maximum Gasteiger partial charge on any atom is 0.253 e. The minimum atomic E-state index is 0.0979. The molecule has 3 aliphatic rings. The van der Waals surface area contributed by atoms with E-state index in [1.807, 2.05) is 17.0 Å². The van der Waals surface area contributed by atoms with Crippen LogP contribution in [0.5, 0.6) is 0 Å². The van der Waals surface area contributed by atoms with Crippen LogP contribution in [0.1, 0.15) is 68.1 Å². The van der Waals surface area contributed by atoms with Crippen LogP contribution in [-0.2, 0) is 0 Å². The molecule has 2 N–H and O–H groups in total. The minimum Gasteiger partial charge on any atom is -0.396 e. The number of carbonyl (C=O) groups is 1. The summed E-state index contributed by atoms with van der Waals surface area (Å²) in [5, 5.41) is 13.2. The second kappa shape index (κ2) is 11.1. The number of hydrogen-bond acceptors (Lipinski definition) is 4. The molecule has 1 aromatic carbocycles. The molecule has 0 radical (unpaired) electrons. The van der Waals surface area contributed by atoms with Crippen molar-refractivity contribution in [1.29, 1.82) is 0 Å². The Kier molecular flexibility index (Phi) is 8.03. The summed E-state index contributed by atoms with van der Waals surface area (Å²) in [5.41, 5.74) is 3.63. The molecule has 1 aliphatic carbocycles. The smallest absolute Gasteiger partial charge is 0.253 e. The van der Waals surface area contributed by atoms with Gasteiger partial charge in [0, 0.05) is 50.1 Å². The minimum absolute atomic E-state index is 0.0979. The zero-order chi connectivity index (χ0) is 21.5. The number of likely N-dealkylation sites (tertiary alicyclic amines) is 1. The Morgan fingerprint density at radius 2 is 1.84 bits per heavy atom. The van der Waals surface area contributed by atoms with Crippen molar-refractivity contribution in [1.82, 2.24) is 10.2 Å². The van der Waals surface area contributed by atoms with Gasteiger partial charge >= 0.3 is 0 Å². The van der Waals surface area contributed by atoms with Crippen LogP contribution in [0.25, 0.3) is 0 Å². The summed E-state index contributed by atoms with van der Waals surface area (Å²) in [4.78, 5) is 17.2. The average molecular weight is 426 g/mol. The third-order valence-corrected chi connectivity index (χ3v) is 7.30. The SMILES string of the molecule is O=C(c1ccc(N2CCC(NCCC3=CCCCC3)CC2)cc1)N1CCC[C@H](CO)C1. The fourth-order valence-corrected chi connectivity index (χ4v) is 5.31. The third kappa shape index (κ3) is 6.11. The highest BCUT2D eigenvalue weighted by atomic mass is 16.3. The van der Waals surface area contributed by atoms with Gasteiger partial charge in [0.25, 0.3) is 5.91 Å². The van der Waals surface area contributed by atoms with Crippen molar-refractivity contribution in [2.45, 2.75) is 63.8 Å². The van der Waals surface area contributed by atoms with Crippen LogP contribution in [0.15, 0.2) is 35.9 Å². The lowest BCUT2D eigenvalue weighted by Gasteiger charge is -2.34. The molecular weight excluding hydrogens is 386 g/mol. The molecule has 1 aromatic rings. The lowest BCUT2D eigenvalue weighted by Crippen LogP contribution is -2.43. The molecule has 0 saturated carbocycles. The van der Waals surface area contributed by atoms with E-state index < -0.39 is 0 Å². The van der Waals surface area contributed by atoms with E-state index in [4.69, 9.17) is 0 Å². The summed E-state index contributed by atoms with van der Waals surface area (Å²) < 4.78 is 0. The Bertz CT molecular complexity index is 738. The topological polar surface area (TPSA) is 55.8 Å². The van der Waals surface area contributed by atoms with Crippen molar-refractivity contribution in [2.75, 3.05) is 44.2 Å². The fourth-order valence-electron chi connectivity index (χ4n) is 5.31. The molecule has 31 heavy (non-hydrogen) atoms. The number of nitrogens with zero attached hydrogens (tertiary/aromatic N) is 2. The Hall–Kier alpha value is -1.85. The monoisotopic (exact) mass is 425 g/mol.